The van der Waals surface area contributed by atoms with E-state index in [1.807, 2.05) is 69.3 Å². The van der Waals surface area contributed by atoms with Crippen molar-refractivity contribution in [3.05, 3.63) is 71.1 Å². The zero-order chi connectivity index (χ0) is 21.5. The van der Waals surface area contributed by atoms with Crippen LogP contribution in [0.2, 0.25) is 0 Å². The van der Waals surface area contributed by atoms with Gasteiger partial charge in [-0.25, -0.2) is 0 Å². The second-order valence-corrected chi connectivity index (χ2v) is 7.17. The maximum Gasteiger partial charge on any atom is 0.306 e. The van der Waals surface area contributed by atoms with Gasteiger partial charge in [-0.05, 0) is 37.5 Å². The van der Waals surface area contributed by atoms with Crippen LogP contribution in [0, 0.1) is 13.8 Å². The van der Waals surface area contributed by atoms with Gasteiger partial charge >= 0.3 is 5.97 Å². The zero-order valence-electron chi connectivity index (χ0n) is 17.3. The van der Waals surface area contributed by atoms with E-state index in [-0.39, 0.29) is 31.4 Å². The van der Waals surface area contributed by atoms with Crippen molar-refractivity contribution in [3.63, 3.8) is 0 Å². The fourth-order valence-electron chi connectivity index (χ4n) is 2.89. The van der Waals surface area contributed by atoms with Crippen molar-refractivity contribution < 1.29 is 18.8 Å². The molecule has 1 heterocycles. The summed E-state index contributed by atoms with van der Waals surface area (Å²) >= 11 is 0. The number of hydrogen-bond acceptors (Lipinski definition) is 6. The molecule has 1 amide bonds. The number of aromatic nitrogens is 2. The lowest BCUT2D eigenvalue weighted by Crippen LogP contribution is -2.31. The Morgan fingerprint density at radius 2 is 1.87 bits per heavy atom. The standard InChI is InChI=1S/C23H25N3O4/c1-15-9-10-19(13-16(15)2)17(3)24-20(27)14-29-22(28)12-11-21-25-23(26-30-21)18-7-5-4-6-8-18/h4-10,13,17H,11-12,14H2,1-3H3,(H,24,27). The normalized spacial score (nSPS) is 11.7. The highest BCUT2D eigenvalue weighted by Crippen LogP contribution is 2.17. The molecule has 156 valence electrons. The van der Waals surface area contributed by atoms with Crippen LogP contribution in [0.5, 0.6) is 0 Å². The van der Waals surface area contributed by atoms with Crippen molar-refractivity contribution in [3.8, 4) is 11.4 Å². The molecule has 0 fully saturated rings. The van der Waals surface area contributed by atoms with Crippen molar-refractivity contribution >= 4 is 11.9 Å². The Bertz CT molecular complexity index is 1010. The summed E-state index contributed by atoms with van der Waals surface area (Å²) in [5.41, 5.74) is 4.20. The minimum Gasteiger partial charge on any atom is -0.456 e. The number of ether oxygens (including phenoxy) is 1. The molecule has 1 unspecified atom stereocenters. The van der Waals surface area contributed by atoms with Crippen LogP contribution in [-0.4, -0.2) is 28.6 Å². The van der Waals surface area contributed by atoms with Crippen LogP contribution < -0.4 is 5.32 Å². The second kappa shape index (κ2) is 9.82. The molecule has 3 rings (SSSR count). The van der Waals surface area contributed by atoms with Gasteiger partial charge in [0.25, 0.3) is 5.91 Å². The molecule has 0 aliphatic heterocycles. The quantitative estimate of drug-likeness (QED) is 0.572. The summed E-state index contributed by atoms with van der Waals surface area (Å²) in [6.45, 7) is 5.64. The first kappa shape index (κ1) is 21.2. The summed E-state index contributed by atoms with van der Waals surface area (Å²) in [5, 5.41) is 6.75. The zero-order valence-corrected chi connectivity index (χ0v) is 17.3. The first-order valence-corrected chi connectivity index (χ1v) is 9.82. The topological polar surface area (TPSA) is 94.3 Å². The molecule has 3 aromatic rings. The van der Waals surface area contributed by atoms with E-state index in [2.05, 4.69) is 15.5 Å². The van der Waals surface area contributed by atoms with Crippen LogP contribution in [0.15, 0.2) is 53.1 Å². The van der Waals surface area contributed by atoms with E-state index in [0.29, 0.717) is 11.7 Å². The van der Waals surface area contributed by atoms with Crippen molar-refractivity contribution in [1.82, 2.24) is 15.5 Å². The average Bonchev–Trinajstić information content (AvgIpc) is 3.22. The summed E-state index contributed by atoms with van der Waals surface area (Å²) in [7, 11) is 0. The first-order chi connectivity index (χ1) is 14.4. The lowest BCUT2D eigenvalue weighted by Gasteiger charge is -2.15. The van der Waals surface area contributed by atoms with Gasteiger partial charge in [0.2, 0.25) is 11.7 Å². The number of benzene rings is 2. The van der Waals surface area contributed by atoms with Crippen molar-refractivity contribution in [2.45, 2.75) is 39.7 Å². The highest BCUT2D eigenvalue weighted by atomic mass is 16.5. The molecule has 1 aromatic heterocycles. The van der Waals surface area contributed by atoms with Crippen LogP contribution in [-0.2, 0) is 20.7 Å². The maximum absolute atomic E-state index is 12.1. The van der Waals surface area contributed by atoms with Gasteiger partial charge in [0.1, 0.15) is 0 Å². The Balaban J connectivity index is 1.41. The van der Waals surface area contributed by atoms with Gasteiger partial charge in [-0.1, -0.05) is 53.7 Å². The van der Waals surface area contributed by atoms with Crippen molar-refractivity contribution in [1.29, 1.82) is 0 Å². The molecule has 7 nitrogen and oxygen atoms in total. The number of carbonyl (C=O) groups is 2. The van der Waals surface area contributed by atoms with E-state index in [1.54, 1.807) is 0 Å². The minimum atomic E-state index is -0.497. The van der Waals surface area contributed by atoms with Crippen LogP contribution in [0.3, 0.4) is 0 Å². The number of rotatable bonds is 8. The van der Waals surface area contributed by atoms with Gasteiger partial charge < -0.3 is 14.6 Å². The third-order valence-electron chi connectivity index (χ3n) is 4.82. The van der Waals surface area contributed by atoms with Crippen LogP contribution >= 0.6 is 0 Å². The Hall–Kier alpha value is -3.48. The Morgan fingerprint density at radius 1 is 1.10 bits per heavy atom. The van der Waals surface area contributed by atoms with E-state index in [0.717, 1.165) is 16.7 Å². The second-order valence-electron chi connectivity index (χ2n) is 7.17. The number of nitrogens with one attached hydrogen (secondary N) is 1. The molecule has 0 spiro atoms. The van der Waals surface area contributed by atoms with Crippen LogP contribution in [0.25, 0.3) is 11.4 Å². The molecule has 0 radical (unpaired) electrons. The molecule has 0 bridgehead atoms. The molecule has 2 aromatic carbocycles. The fourth-order valence-corrected chi connectivity index (χ4v) is 2.89. The summed E-state index contributed by atoms with van der Waals surface area (Å²) < 4.78 is 10.2. The monoisotopic (exact) mass is 407 g/mol. The Kier molecular flexibility index (Phi) is 6.95. The maximum atomic E-state index is 12.1. The number of amides is 1. The SMILES string of the molecule is Cc1ccc(C(C)NC(=O)COC(=O)CCc2nc(-c3ccccc3)no2)cc1C. The molecule has 0 saturated heterocycles. The third-order valence-corrected chi connectivity index (χ3v) is 4.82. The van der Waals surface area contributed by atoms with Crippen molar-refractivity contribution in [2.75, 3.05) is 6.61 Å². The van der Waals surface area contributed by atoms with Gasteiger partial charge in [-0.3, -0.25) is 9.59 Å². The predicted octanol–water partition coefficient (Wildman–Crippen LogP) is 3.71. The lowest BCUT2D eigenvalue weighted by atomic mass is 10.0. The summed E-state index contributed by atoms with van der Waals surface area (Å²) in [5.74, 6) is -0.0287. The van der Waals surface area contributed by atoms with Gasteiger partial charge in [-0.2, -0.15) is 4.98 Å². The average molecular weight is 407 g/mol. The Labute approximate surface area is 175 Å². The minimum absolute atomic E-state index is 0.0520. The van der Waals surface area contributed by atoms with Crippen LogP contribution in [0.4, 0.5) is 0 Å². The van der Waals surface area contributed by atoms with E-state index >= 15 is 0 Å². The number of hydrogen-bond donors (Lipinski definition) is 1. The van der Waals surface area contributed by atoms with E-state index in [4.69, 9.17) is 9.26 Å². The smallest absolute Gasteiger partial charge is 0.306 e. The number of carbonyl (C=O) groups excluding carboxylic acids is 2. The van der Waals surface area contributed by atoms with Gasteiger partial charge in [0.15, 0.2) is 6.61 Å². The largest absolute Gasteiger partial charge is 0.456 e. The molecule has 0 saturated carbocycles. The summed E-state index contributed by atoms with van der Waals surface area (Å²) in [6.07, 6.45) is 0.301. The first-order valence-electron chi connectivity index (χ1n) is 9.82. The van der Waals surface area contributed by atoms with Gasteiger partial charge in [-0.15, -0.1) is 0 Å². The highest BCUT2D eigenvalue weighted by Gasteiger charge is 2.14. The molecule has 0 aliphatic carbocycles. The van der Waals surface area contributed by atoms with E-state index < -0.39 is 5.97 Å². The van der Waals surface area contributed by atoms with Gasteiger partial charge in [0.05, 0.1) is 12.5 Å². The molecule has 7 heteroatoms. The Morgan fingerprint density at radius 3 is 2.60 bits per heavy atom. The summed E-state index contributed by atoms with van der Waals surface area (Å²) in [4.78, 5) is 28.3. The highest BCUT2D eigenvalue weighted by molar-refractivity contribution is 5.80. The summed E-state index contributed by atoms with van der Waals surface area (Å²) in [6, 6.07) is 15.3. The number of esters is 1. The van der Waals surface area contributed by atoms with E-state index in [1.165, 1.54) is 5.56 Å². The van der Waals surface area contributed by atoms with Crippen molar-refractivity contribution in [2.24, 2.45) is 0 Å². The molecule has 30 heavy (non-hydrogen) atoms. The third kappa shape index (κ3) is 5.76. The predicted molar refractivity (Wildman–Crippen MR) is 111 cm³/mol. The van der Waals surface area contributed by atoms with Crippen LogP contribution in [0.1, 0.15) is 42.0 Å². The number of aryl methyl sites for hydroxylation is 3. The molecular weight excluding hydrogens is 382 g/mol. The van der Waals surface area contributed by atoms with Gasteiger partial charge in [0, 0.05) is 12.0 Å². The molecule has 1 atom stereocenters. The van der Waals surface area contributed by atoms with E-state index in [9.17, 15) is 9.59 Å². The lowest BCUT2D eigenvalue weighted by molar-refractivity contribution is -0.148. The molecule has 0 aliphatic rings. The molecule has 1 N–H and O–H groups in total. The molecular formula is C23H25N3O4. The number of nitrogens with zero attached hydrogens (tertiary/aromatic N) is 2. The fraction of sp³-hybridized carbons (Fsp3) is 0.304.